The maximum atomic E-state index is 11.7. The van der Waals surface area contributed by atoms with Gasteiger partial charge in [0.25, 0.3) is 0 Å². The smallest absolute Gasteiger partial charge is 0.325 e. The molecule has 1 heterocycles. The second kappa shape index (κ2) is 11.1. The largest absolute Gasteiger partial charge is 0.459 e. The lowest BCUT2D eigenvalue weighted by Crippen LogP contribution is -2.50. The molecule has 0 amide bonds. The van der Waals surface area contributed by atoms with E-state index < -0.39 is 5.60 Å². The fourth-order valence-electron chi connectivity index (χ4n) is 2.70. The first-order valence-corrected chi connectivity index (χ1v) is 8.61. The summed E-state index contributed by atoms with van der Waals surface area (Å²) < 4.78 is 5.28. The Hall–Kier alpha value is -0.570. The zero-order chi connectivity index (χ0) is 17.5. The average molecular weight is 454 g/mol. The number of carbonyl (C=O) groups excluding carboxylic acids is 1. The van der Waals surface area contributed by atoms with Crippen LogP contribution in [0.2, 0.25) is 0 Å². The number of rotatable bonds is 5. The minimum absolute atomic E-state index is 0. The monoisotopic (exact) mass is 454 g/mol. The molecule has 0 bridgehead atoms. The van der Waals surface area contributed by atoms with Crippen LogP contribution in [0.15, 0.2) is 4.99 Å². The second-order valence-corrected chi connectivity index (χ2v) is 7.63. The summed E-state index contributed by atoms with van der Waals surface area (Å²) in [4.78, 5) is 18.4. The number of ether oxygens (including phenoxy) is 1. The molecule has 7 heteroatoms. The molecule has 1 aliphatic heterocycles. The van der Waals surface area contributed by atoms with Crippen LogP contribution >= 0.6 is 24.0 Å². The number of nitrogens with one attached hydrogen (secondary N) is 2. The van der Waals surface area contributed by atoms with Crippen LogP contribution in [-0.2, 0) is 9.53 Å². The molecule has 6 nitrogen and oxygen atoms in total. The Bertz CT molecular complexity index is 400. The molecule has 0 aromatic rings. The van der Waals surface area contributed by atoms with Crippen molar-refractivity contribution < 1.29 is 9.53 Å². The number of guanidine groups is 1. The molecule has 0 aliphatic carbocycles. The van der Waals surface area contributed by atoms with Gasteiger partial charge in [0, 0.05) is 32.7 Å². The fraction of sp³-hybridized carbons (Fsp3) is 0.882. The van der Waals surface area contributed by atoms with Gasteiger partial charge in [0.1, 0.15) is 12.1 Å². The van der Waals surface area contributed by atoms with E-state index in [0.717, 1.165) is 25.9 Å². The van der Waals surface area contributed by atoms with Crippen molar-refractivity contribution in [3.63, 3.8) is 0 Å². The number of aliphatic imine (C=N–C) groups is 1. The van der Waals surface area contributed by atoms with Gasteiger partial charge in [0.15, 0.2) is 5.96 Å². The van der Waals surface area contributed by atoms with E-state index >= 15 is 0 Å². The van der Waals surface area contributed by atoms with Crippen LogP contribution in [0.4, 0.5) is 0 Å². The van der Waals surface area contributed by atoms with Crippen molar-refractivity contribution in [1.82, 2.24) is 15.5 Å². The van der Waals surface area contributed by atoms with Gasteiger partial charge in [-0.25, -0.2) is 0 Å². The predicted molar refractivity (Wildman–Crippen MR) is 110 cm³/mol. The highest BCUT2D eigenvalue weighted by molar-refractivity contribution is 14.0. The zero-order valence-electron chi connectivity index (χ0n) is 16.0. The number of esters is 1. The van der Waals surface area contributed by atoms with Gasteiger partial charge in [-0.05, 0) is 39.5 Å². The number of hydrogen-bond donors (Lipinski definition) is 2. The Morgan fingerprint density at radius 3 is 2.33 bits per heavy atom. The summed E-state index contributed by atoms with van der Waals surface area (Å²) in [6.45, 7) is 13.6. The molecule has 0 radical (unpaired) electrons. The molecule has 1 fully saturated rings. The van der Waals surface area contributed by atoms with Crippen LogP contribution in [0.25, 0.3) is 0 Å². The molecule has 0 unspecified atom stereocenters. The third kappa shape index (κ3) is 10.3. The fourth-order valence-corrected chi connectivity index (χ4v) is 2.70. The second-order valence-electron chi connectivity index (χ2n) is 7.63. The first-order chi connectivity index (χ1) is 10.7. The molecule has 0 atom stereocenters. The van der Waals surface area contributed by atoms with Crippen molar-refractivity contribution in [1.29, 1.82) is 0 Å². The van der Waals surface area contributed by atoms with Crippen molar-refractivity contribution in [3.05, 3.63) is 0 Å². The molecule has 1 aliphatic rings. The Balaban J connectivity index is 0.00000529. The van der Waals surface area contributed by atoms with Crippen molar-refractivity contribution in [2.24, 2.45) is 10.9 Å². The molecule has 2 N–H and O–H groups in total. The minimum atomic E-state index is -0.459. The number of hydrogen-bond acceptors (Lipinski definition) is 4. The maximum absolute atomic E-state index is 11.7. The molecule has 1 rings (SSSR count). The van der Waals surface area contributed by atoms with Gasteiger partial charge in [0.2, 0.25) is 0 Å². The normalized spacial score (nSPS) is 17.4. The van der Waals surface area contributed by atoms with Crippen LogP contribution in [0.3, 0.4) is 0 Å². The molecular formula is C17H35IN4O2. The summed E-state index contributed by atoms with van der Waals surface area (Å²) in [5, 5.41) is 6.44. The van der Waals surface area contributed by atoms with Gasteiger partial charge in [-0.3, -0.25) is 9.79 Å². The highest BCUT2D eigenvalue weighted by Gasteiger charge is 2.21. The summed E-state index contributed by atoms with van der Waals surface area (Å²) in [7, 11) is 1.72. The molecule has 1 saturated heterocycles. The zero-order valence-corrected chi connectivity index (χ0v) is 18.3. The number of piperidine rings is 1. The number of halogens is 1. The Morgan fingerprint density at radius 2 is 1.88 bits per heavy atom. The van der Waals surface area contributed by atoms with Gasteiger partial charge < -0.3 is 20.3 Å². The summed E-state index contributed by atoms with van der Waals surface area (Å²) in [5.74, 6) is 1.10. The third-order valence-corrected chi connectivity index (χ3v) is 3.60. The highest BCUT2D eigenvalue weighted by Crippen LogP contribution is 2.12. The molecule has 0 aromatic carbocycles. The van der Waals surface area contributed by atoms with Gasteiger partial charge >= 0.3 is 5.97 Å². The molecule has 0 saturated carbocycles. The molecule has 0 spiro atoms. The molecule has 142 valence electrons. The average Bonchev–Trinajstić information content (AvgIpc) is 2.42. The minimum Gasteiger partial charge on any atom is -0.459 e. The standard InChI is InChI=1S/C17H34N4O2.HI/c1-13(2)12-21-9-7-14(8-10-21)20-16(18-6)19-11-15(22)23-17(3,4)5;/h13-14H,7-12H2,1-6H3,(H2,18,19,20);1H. The number of carbonyl (C=O) groups is 1. The van der Waals surface area contributed by atoms with E-state index in [1.165, 1.54) is 6.54 Å². The van der Waals surface area contributed by atoms with Crippen molar-refractivity contribution in [2.45, 2.75) is 59.1 Å². The molecule has 24 heavy (non-hydrogen) atoms. The van der Waals surface area contributed by atoms with E-state index in [1.807, 2.05) is 20.8 Å². The first-order valence-electron chi connectivity index (χ1n) is 8.61. The maximum Gasteiger partial charge on any atom is 0.325 e. The van der Waals surface area contributed by atoms with Crippen LogP contribution in [0.5, 0.6) is 0 Å². The summed E-state index contributed by atoms with van der Waals surface area (Å²) >= 11 is 0. The summed E-state index contributed by atoms with van der Waals surface area (Å²) in [6.07, 6.45) is 2.19. The van der Waals surface area contributed by atoms with Crippen LogP contribution in [-0.4, -0.2) is 61.7 Å². The SMILES string of the molecule is CN=C(NCC(=O)OC(C)(C)C)NC1CCN(CC(C)C)CC1.I. The quantitative estimate of drug-likeness (QED) is 0.289. The summed E-state index contributed by atoms with van der Waals surface area (Å²) in [5.41, 5.74) is -0.459. The lowest BCUT2D eigenvalue weighted by atomic mass is 10.0. The third-order valence-electron chi connectivity index (χ3n) is 3.60. The Labute approximate surface area is 164 Å². The van der Waals surface area contributed by atoms with E-state index in [2.05, 4.69) is 34.4 Å². The van der Waals surface area contributed by atoms with E-state index in [1.54, 1.807) is 7.05 Å². The number of likely N-dealkylation sites (tertiary alicyclic amines) is 1. The Kier molecular flexibility index (Phi) is 10.9. The van der Waals surface area contributed by atoms with Crippen molar-refractivity contribution >= 4 is 35.9 Å². The van der Waals surface area contributed by atoms with Crippen LogP contribution in [0, 0.1) is 5.92 Å². The lowest BCUT2D eigenvalue weighted by molar-refractivity contribution is -0.153. The Morgan fingerprint density at radius 1 is 1.29 bits per heavy atom. The van der Waals surface area contributed by atoms with Gasteiger partial charge in [-0.15, -0.1) is 24.0 Å². The molecule has 0 aromatic heterocycles. The van der Waals surface area contributed by atoms with Crippen molar-refractivity contribution in [3.8, 4) is 0 Å². The number of nitrogens with zero attached hydrogens (tertiary/aromatic N) is 2. The van der Waals surface area contributed by atoms with Crippen LogP contribution in [0.1, 0.15) is 47.5 Å². The van der Waals surface area contributed by atoms with Crippen LogP contribution < -0.4 is 10.6 Å². The summed E-state index contributed by atoms with van der Waals surface area (Å²) in [6, 6.07) is 0.406. The lowest BCUT2D eigenvalue weighted by Gasteiger charge is -2.33. The van der Waals surface area contributed by atoms with E-state index in [9.17, 15) is 4.79 Å². The van der Waals surface area contributed by atoms with Gasteiger partial charge in [0.05, 0.1) is 0 Å². The van der Waals surface area contributed by atoms with E-state index in [-0.39, 0.29) is 36.5 Å². The van der Waals surface area contributed by atoms with E-state index in [0.29, 0.717) is 17.9 Å². The topological polar surface area (TPSA) is 66.0 Å². The highest BCUT2D eigenvalue weighted by atomic mass is 127. The first kappa shape index (κ1) is 23.4. The van der Waals surface area contributed by atoms with Gasteiger partial charge in [-0.1, -0.05) is 13.8 Å². The van der Waals surface area contributed by atoms with Gasteiger partial charge in [-0.2, -0.15) is 0 Å². The molecular weight excluding hydrogens is 419 g/mol. The van der Waals surface area contributed by atoms with E-state index in [4.69, 9.17) is 4.74 Å². The van der Waals surface area contributed by atoms with Crippen molar-refractivity contribution in [2.75, 3.05) is 33.2 Å². The predicted octanol–water partition coefficient (Wildman–Crippen LogP) is 2.23.